The van der Waals surface area contributed by atoms with E-state index in [0.717, 1.165) is 4.88 Å². The first-order valence-electron chi connectivity index (χ1n) is 5.41. The summed E-state index contributed by atoms with van der Waals surface area (Å²) in [6.07, 6.45) is 0. The van der Waals surface area contributed by atoms with Gasteiger partial charge in [-0.3, -0.25) is 4.79 Å². The van der Waals surface area contributed by atoms with Crippen molar-refractivity contribution in [2.75, 3.05) is 5.32 Å². The Balaban J connectivity index is 2.17. The van der Waals surface area contributed by atoms with E-state index in [2.05, 4.69) is 5.32 Å². The third-order valence-corrected chi connectivity index (χ3v) is 3.77. The molecule has 2 rings (SSSR count). The lowest BCUT2D eigenvalue weighted by Crippen LogP contribution is -2.27. The zero-order valence-electron chi connectivity index (χ0n) is 9.76. The van der Waals surface area contributed by atoms with Gasteiger partial charge in [0.1, 0.15) is 6.04 Å². The minimum atomic E-state index is -0.748. The molecule has 0 fully saturated rings. The van der Waals surface area contributed by atoms with Crippen molar-refractivity contribution in [1.29, 1.82) is 5.26 Å². The van der Waals surface area contributed by atoms with Crippen molar-refractivity contribution in [2.45, 2.75) is 6.04 Å². The molecule has 0 radical (unpaired) electrons. The minimum Gasteiger partial charge on any atom is -0.323 e. The maximum Gasteiger partial charge on any atom is 0.246 e. The number of halogens is 1. The summed E-state index contributed by atoms with van der Waals surface area (Å²) in [5.74, 6) is -0.362. The number of nitrogens with zero attached hydrogens (tertiary/aromatic N) is 1. The van der Waals surface area contributed by atoms with Crippen molar-refractivity contribution in [3.63, 3.8) is 0 Å². The Hall–Kier alpha value is -1.87. The van der Waals surface area contributed by atoms with Gasteiger partial charge >= 0.3 is 0 Å². The fraction of sp³-hybridized carbons (Fsp3) is 0.0769. The predicted molar refractivity (Wildman–Crippen MR) is 76.0 cm³/mol. The van der Waals surface area contributed by atoms with Gasteiger partial charge in [-0.25, -0.2) is 0 Å². The molecule has 0 saturated carbocycles. The van der Waals surface area contributed by atoms with Gasteiger partial charge in [0.2, 0.25) is 5.91 Å². The normalized spacial score (nSPS) is 11.6. The van der Waals surface area contributed by atoms with E-state index in [1.807, 2.05) is 17.5 Å². The first-order chi connectivity index (χ1) is 9.11. The highest BCUT2D eigenvalue weighted by Crippen LogP contribution is 2.25. The number of carbonyl (C=O) groups excluding carboxylic acids is 1. The lowest BCUT2D eigenvalue weighted by molar-refractivity contribution is -0.117. The van der Waals surface area contributed by atoms with Crippen LogP contribution >= 0.6 is 22.9 Å². The summed E-state index contributed by atoms with van der Waals surface area (Å²) in [4.78, 5) is 12.8. The zero-order valence-corrected chi connectivity index (χ0v) is 11.3. The Morgan fingerprint density at radius 3 is 2.89 bits per heavy atom. The Bertz CT molecular complexity index is 634. The van der Waals surface area contributed by atoms with E-state index in [9.17, 15) is 4.79 Å². The first-order valence-corrected chi connectivity index (χ1v) is 6.67. The molecule has 1 heterocycles. The maximum atomic E-state index is 12.0. The predicted octanol–water partition coefficient (Wildman–Crippen LogP) is 2.91. The number of nitrogens with two attached hydrogens (primary N) is 1. The average molecular weight is 292 g/mol. The van der Waals surface area contributed by atoms with Crippen LogP contribution in [-0.2, 0) is 4.79 Å². The van der Waals surface area contributed by atoms with Gasteiger partial charge in [-0.1, -0.05) is 17.7 Å². The molecule has 0 aliphatic carbocycles. The fourth-order valence-corrected chi connectivity index (χ4v) is 2.39. The zero-order chi connectivity index (χ0) is 13.8. The highest BCUT2D eigenvalue weighted by atomic mass is 35.5. The standard InChI is InChI=1S/C13H10ClN3OS/c14-9-4-3-8(7-15)6-10(9)17-13(18)12(16)11-2-1-5-19-11/h1-6,12H,16H2,(H,17,18). The number of benzene rings is 1. The third-order valence-electron chi connectivity index (χ3n) is 2.49. The van der Waals surface area contributed by atoms with Crippen LogP contribution in [0.15, 0.2) is 35.7 Å². The van der Waals surface area contributed by atoms with Crippen molar-refractivity contribution in [2.24, 2.45) is 5.73 Å². The maximum absolute atomic E-state index is 12.0. The van der Waals surface area contributed by atoms with Gasteiger partial charge in [0.25, 0.3) is 0 Å². The van der Waals surface area contributed by atoms with Crippen LogP contribution in [0.1, 0.15) is 16.5 Å². The van der Waals surface area contributed by atoms with Crippen LogP contribution in [0.3, 0.4) is 0 Å². The van der Waals surface area contributed by atoms with Crippen LogP contribution in [0.25, 0.3) is 0 Å². The minimum absolute atomic E-state index is 0.362. The Morgan fingerprint density at radius 1 is 1.47 bits per heavy atom. The molecule has 1 atom stereocenters. The molecule has 0 aliphatic rings. The molecule has 19 heavy (non-hydrogen) atoms. The molecule has 1 amide bonds. The molecule has 2 aromatic rings. The van der Waals surface area contributed by atoms with Gasteiger partial charge in [0.15, 0.2) is 0 Å². The Morgan fingerprint density at radius 2 is 2.26 bits per heavy atom. The summed E-state index contributed by atoms with van der Waals surface area (Å²) < 4.78 is 0. The molecule has 96 valence electrons. The number of thiophene rings is 1. The fourth-order valence-electron chi connectivity index (χ4n) is 1.50. The van der Waals surface area contributed by atoms with E-state index in [1.165, 1.54) is 17.4 Å². The summed E-state index contributed by atoms with van der Waals surface area (Å²) in [5, 5.41) is 13.7. The van der Waals surface area contributed by atoms with Crippen molar-refractivity contribution < 1.29 is 4.79 Å². The number of hydrogen-bond acceptors (Lipinski definition) is 4. The molecule has 1 aromatic heterocycles. The number of nitrogens with one attached hydrogen (secondary N) is 1. The van der Waals surface area contributed by atoms with Crippen molar-refractivity contribution in [3.05, 3.63) is 51.2 Å². The lowest BCUT2D eigenvalue weighted by Gasteiger charge is -2.12. The lowest BCUT2D eigenvalue weighted by atomic mass is 10.2. The second-order valence-electron chi connectivity index (χ2n) is 3.79. The summed E-state index contributed by atoms with van der Waals surface area (Å²) in [6, 6.07) is 9.52. The van der Waals surface area contributed by atoms with Gasteiger partial charge in [-0.05, 0) is 29.6 Å². The summed E-state index contributed by atoms with van der Waals surface area (Å²) in [5.41, 5.74) is 6.65. The molecule has 0 saturated heterocycles. The molecule has 0 aliphatic heterocycles. The number of carbonyl (C=O) groups is 1. The van der Waals surface area contributed by atoms with Gasteiger partial charge in [-0.2, -0.15) is 5.26 Å². The van der Waals surface area contributed by atoms with Crippen LogP contribution in [0, 0.1) is 11.3 Å². The van der Waals surface area contributed by atoms with Crippen LogP contribution in [0.5, 0.6) is 0 Å². The largest absolute Gasteiger partial charge is 0.323 e. The number of anilines is 1. The number of nitriles is 1. The molecule has 3 N–H and O–H groups in total. The van der Waals surface area contributed by atoms with Gasteiger partial charge < -0.3 is 11.1 Å². The van der Waals surface area contributed by atoms with E-state index in [1.54, 1.807) is 18.2 Å². The summed E-state index contributed by atoms with van der Waals surface area (Å²) >= 11 is 7.38. The first kappa shape index (κ1) is 13.6. The molecule has 4 nitrogen and oxygen atoms in total. The second kappa shape index (κ2) is 5.85. The molecule has 1 aromatic carbocycles. The Labute approximate surface area is 119 Å². The van der Waals surface area contributed by atoms with Gasteiger partial charge in [0.05, 0.1) is 22.3 Å². The topological polar surface area (TPSA) is 78.9 Å². The van der Waals surface area contributed by atoms with E-state index < -0.39 is 6.04 Å². The highest BCUT2D eigenvalue weighted by molar-refractivity contribution is 7.10. The van der Waals surface area contributed by atoms with Crippen LogP contribution < -0.4 is 11.1 Å². The molecular weight excluding hydrogens is 282 g/mol. The van der Waals surface area contributed by atoms with E-state index in [0.29, 0.717) is 16.3 Å². The number of amides is 1. The second-order valence-corrected chi connectivity index (χ2v) is 5.18. The van der Waals surface area contributed by atoms with Gasteiger partial charge in [-0.15, -0.1) is 11.3 Å². The van der Waals surface area contributed by atoms with E-state index in [4.69, 9.17) is 22.6 Å². The molecular formula is C13H10ClN3OS. The van der Waals surface area contributed by atoms with E-state index in [-0.39, 0.29) is 5.91 Å². The summed E-state index contributed by atoms with van der Waals surface area (Å²) in [6.45, 7) is 0. The molecule has 1 unspecified atom stereocenters. The van der Waals surface area contributed by atoms with Crippen LogP contribution in [-0.4, -0.2) is 5.91 Å². The molecule has 0 bridgehead atoms. The number of hydrogen-bond donors (Lipinski definition) is 2. The molecule has 0 spiro atoms. The number of rotatable bonds is 3. The SMILES string of the molecule is N#Cc1ccc(Cl)c(NC(=O)C(N)c2cccs2)c1. The monoisotopic (exact) mass is 291 g/mol. The van der Waals surface area contributed by atoms with Crippen LogP contribution in [0.2, 0.25) is 5.02 Å². The van der Waals surface area contributed by atoms with Crippen molar-refractivity contribution in [3.8, 4) is 6.07 Å². The summed E-state index contributed by atoms with van der Waals surface area (Å²) in [7, 11) is 0. The quantitative estimate of drug-likeness (QED) is 0.912. The third kappa shape index (κ3) is 3.12. The smallest absolute Gasteiger partial charge is 0.246 e. The van der Waals surface area contributed by atoms with E-state index >= 15 is 0 Å². The molecule has 6 heteroatoms. The highest BCUT2D eigenvalue weighted by Gasteiger charge is 2.17. The average Bonchev–Trinajstić information content (AvgIpc) is 2.94. The van der Waals surface area contributed by atoms with Crippen molar-refractivity contribution >= 4 is 34.5 Å². The van der Waals surface area contributed by atoms with Crippen LogP contribution in [0.4, 0.5) is 5.69 Å². The Kier molecular flexibility index (Phi) is 4.17. The van der Waals surface area contributed by atoms with Crippen molar-refractivity contribution in [1.82, 2.24) is 0 Å². The van der Waals surface area contributed by atoms with Gasteiger partial charge in [0, 0.05) is 4.88 Å².